The quantitative estimate of drug-likeness (QED) is 0.880. The molecule has 2 heterocycles. The molecular formula is C17H22N4OS. The molecular weight excluding hydrogens is 308 g/mol. The highest BCUT2D eigenvalue weighted by molar-refractivity contribution is 7.22. The molecule has 1 aromatic heterocycles. The molecule has 1 aliphatic heterocycles. The smallest absolute Gasteiger partial charge is 0.199 e. The molecule has 4 fully saturated rings. The average molecular weight is 330 g/mol. The second kappa shape index (κ2) is 5.14. The van der Waals surface area contributed by atoms with E-state index in [-0.39, 0.29) is 5.60 Å². The van der Waals surface area contributed by atoms with Crippen LogP contribution in [-0.4, -0.2) is 22.2 Å². The third-order valence-electron chi connectivity index (χ3n) is 5.78. The Morgan fingerprint density at radius 3 is 3.00 bits per heavy atom. The van der Waals surface area contributed by atoms with Crippen molar-refractivity contribution in [2.75, 3.05) is 12.0 Å². The minimum Gasteiger partial charge on any atom is -0.279 e. The summed E-state index contributed by atoms with van der Waals surface area (Å²) >= 11 is 1.68. The van der Waals surface area contributed by atoms with E-state index in [0.717, 1.165) is 23.1 Å². The maximum absolute atomic E-state index is 6.08. The van der Waals surface area contributed by atoms with E-state index in [1.54, 1.807) is 11.3 Å². The average Bonchev–Trinajstić information content (AvgIpc) is 3.12. The Labute approximate surface area is 139 Å². The van der Waals surface area contributed by atoms with Crippen molar-refractivity contribution in [1.29, 1.82) is 0 Å². The molecule has 4 aliphatic rings. The van der Waals surface area contributed by atoms with Gasteiger partial charge < -0.3 is 0 Å². The Bertz CT molecular complexity index is 739. The van der Waals surface area contributed by atoms with Crippen LogP contribution in [-0.2, 0) is 4.84 Å². The summed E-state index contributed by atoms with van der Waals surface area (Å²) in [6, 6.07) is 6.41. The first-order chi connectivity index (χ1) is 11.2. The van der Waals surface area contributed by atoms with Crippen molar-refractivity contribution in [1.82, 2.24) is 15.7 Å². The van der Waals surface area contributed by atoms with E-state index in [0.29, 0.717) is 5.92 Å². The topological polar surface area (TPSA) is 49.4 Å². The second-order valence-corrected chi connectivity index (χ2v) is 8.40. The molecule has 3 aliphatic carbocycles. The van der Waals surface area contributed by atoms with Crippen LogP contribution in [0.2, 0.25) is 0 Å². The largest absolute Gasteiger partial charge is 0.279 e. The summed E-state index contributed by atoms with van der Waals surface area (Å²) < 4.78 is 1.21. The number of hydrazine groups is 2. The van der Waals surface area contributed by atoms with Gasteiger partial charge in [0.25, 0.3) is 0 Å². The van der Waals surface area contributed by atoms with Gasteiger partial charge in [-0.3, -0.25) is 10.3 Å². The van der Waals surface area contributed by atoms with Crippen molar-refractivity contribution in [3.8, 4) is 0 Å². The molecule has 2 aromatic rings. The van der Waals surface area contributed by atoms with Crippen LogP contribution in [0.15, 0.2) is 18.2 Å². The minimum absolute atomic E-state index is 0.00143. The number of thiazole rings is 1. The Hall–Kier alpha value is -1.21. The van der Waals surface area contributed by atoms with Crippen molar-refractivity contribution in [2.45, 2.75) is 44.6 Å². The molecule has 2 N–H and O–H groups in total. The SMILES string of the molecule is Cc1ccc2sc(NN3CC4(CC5CCC4CC5)ON3)nc2c1. The van der Waals surface area contributed by atoms with Gasteiger partial charge in [0.05, 0.1) is 16.8 Å². The lowest BCUT2D eigenvalue weighted by atomic mass is 9.62. The zero-order chi connectivity index (χ0) is 15.4. The maximum atomic E-state index is 6.08. The van der Waals surface area contributed by atoms with E-state index >= 15 is 0 Å². The molecule has 3 saturated carbocycles. The van der Waals surface area contributed by atoms with Gasteiger partial charge in [0, 0.05) is 0 Å². The fourth-order valence-corrected chi connectivity index (χ4v) is 5.46. The van der Waals surface area contributed by atoms with Gasteiger partial charge in [0.1, 0.15) is 5.60 Å². The predicted octanol–water partition coefficient (Wildman–Crippen LogP) is 3.63. The summed E-state index contributed by atoms with van der Waals surface area (Å²) in [5, 5.41) is 2.89. The maximum Gasteiger partial charge on any atom is 0.199 e. The monoisotopic (exact) mass is 330 g/mol. The molecule has 0 amide bonds. The van der Waals surface area contributed by atoms with E-state index in [2.05, 4.69) is 41.1 Å². The van der Waals surface area contributed by atoms with Crippen LogP contribution < -0.4 is 11.0 Å². The number of anilines is 1. The van der Waals surface area contributed by atoms with Crippen molar-refractivity contribution in [3.63, 3.8) is 0 Å². The molecule has 1 spiro atoms. The van der Waals surface area contributed by atoms with Gasteiger partial charge in [0.2, 0.25) is 0 Å². The molecule has 122 valence electrons. The Kier molecular flexibility index (Phi) is 3.17. The Morgan fingerprint density at radius 2 is 2.22 bits per heavy atom. The zero-order valence-electron chi connectivity index (χ0n) is 13.3. The van der Waals surface area contributed by atoms with Crippen LogP contribution in [0.1, 0.15) is 37.7 Å². The summed E-state index contributed by atoms with van der Waals surface area (Å²) in [6.45, 7) is 2.99. The number of fused-ring (bicyclic) bond motifs is 3. The summed E-state index contributed by atoms with van der Waals surface area (Å²) in [7, 11) is 0. The van der Waals surface area contributed by atoms with E-state index in [4.69, 9.17) is 4.84 Å². The first-order valence-corrected chi connectivity index (χ1v) is 9.37. The van der Waals surface area contributed by atoms with Gasteiger partial charge in [-0.2, -0.15) is 0 Å². The number of aromatic nitrogens is 1. The van der Waals surface area contributed by atoms with Crippen molar-refractivity contribution in [2.24, 2.45) is 11.8 Å². The molecule has 6 rings (SSSR count). The van der Waals surface area contributed by atoms with E-state index in [9.17, 15) is 0 Å². The van der Waals surface area contributed by atoms with Crippen LogP contribution in [0.25, 0.3) is 10.2 Å². The van der Waals surface area contributed by atoms with E-state index in [1.165, 1.54) is 42.4 Å². The number of hydrogen-bond acceptors (Lipinski definition) is 6. The van der Waals surface area contributed by atoms with Crippen LogP contribution >= 0.6 is 11.3 Å². The molecule has 6 heteroatoms. The fourth-order valence-electron chi connectivity index (χ4n) is 4.61. The Morgan fingerprint density at radius 1 is 1.35 bits per heavy atom. The molecule has 1 unspecified atom stereocenters. The molecule has 1 saturated heterocycles. The van der Waals surface area contributed by atoms with Gasteiger partial charge in [-0.15, -0.1) is 10.7 Å². The number of aryl methyl sites for hydroxylation is 1. The van der Waals surface area contributed by atoms with Gasteiger partial charge in [-0.25, -0.2) is 4.98 Å². The molecule has 1 atom stereocenters. The van der Waals surface area contributed by atoms with Gasteiger partial charge in [0.15, 0.2) is 5.13 Å². The van der Waals surface area contributed by atoms with Crippen LogP contribution in [0, 0.1) is 18.8 Å². The summed E-state index contributed by atoms with van der Waals surface area (Å²) in [5.74, 6) is 1.55. The summed E-state index contributed by atoms with van der Waals surface area (Å²) in [4.78, 5) is 10.8. The number of hydrogen-bond donors (Lipinski definition) is 2. The van der Waals surface area contributed by atoms with Crippen molar-refractivity contribution >= 4 is 26.7 Å². The van der Waals surface area contributed by atoms with Crippen LogP contribution in [0.5, 0.6) is 0 Å². The van der Waals surface area contributed by atoms with E-state index < -0.39 is 0 Å². The molecule has 5 nitrogen and oxygen atoms in total. The molecule has 1 aromatic carbocycles. The zero-order valence-corrected chi connectivity index (χ0v) is 14.2. The molecule has 0 radical (unpaired) electrons. The van der Waals surface area contributed by atoms with Crippen LogP contribution in [0.3, 0.4) is 0 Å². The second-order valence-electron chi connectivity index (χ2n) is 7.37. The highest BCUT2D eigenvalue weighted by atomic mass is 32.1. The predicted molar refractivity (Wildman–Crippen MR) is 91.7 cm³/mol. The number of nitrogens with zero attached hydrogens (tertiary/aromatic N) is 2. The molecule has 2 bridgehead atoms. The number of rotatable bonds is 2. The van der Waals surface area contributed by atoms with Gasteiger partial charge >= 0.3 is 0 Å². The number of benzene rings is 1. The van der Waals surface area contributed by atoms with Crippen molar-refractivity contribution in [3.05, 3.63) is 23.8 Å². The fraction of sp³-hybridized carbons (Fsp3) is 0.588. The lowest BCUT2D eigenvalue weighted by molar-refractivity contribution is -0.146. The Balaban J connectivity index is 1.33. The highest BCUT2D eigenvalue weighted by Gasteiger charge is 2.53. The third-order valence-corrected chi connectivity index (χ3v) is 6.72. The minimum atomic E-state index is 0.00143. The summed E-state index contributed by atoms with van der Waals surface area (Å²) in [5.41, 5.74) is 8.79. The third kappa shape index (κ3) is 2.36. The number of nitrogens with one attached hydrogen (secondary N) is 2. The van der Waals surface area contributed by atoms with Crippen molar-refractivity contribution < 1.29 is 4.84 Å². The lowest BCUT2D eigenvalue weighted by Crippen LogP contribution is -2.50. The summed E-state index contributed by atoms with van der Waals surface area (Å²) in [6.07, 6.45) is 6.62. The standard InChI is InChI=1S/C17H22N4OS/c1-11-2-7-15-14(8-11)18-16(23-15)19-21-10-17(22-20-21)9-12-3-5-13(17)6-4-12/h2,7-8,12-13,20H,3-6,9-10H2,1H3,(H,18,19). The first kappa shape index (κ1) is 14.2. The van der Waals surface area contributed by atoms with E-state index in [1.807, 2.05) is 5.12 Å². The molecule has 23 heavy (non-hydrogen) atoms. The van der Waals surface area contributed by atoms with Crippen LogP contribution in [0.4, 0.5) is 5.13 Å². The van der Waals surface area contributed by atoms with Gasteiger partial charge in [-0.05, 0) is 68.6 Å². The highest BCUT2D eigenvalue weighted by Crippen LogP contribution is 2.50. The van der Waals surface area contributed by atoms with Gasteiger partial charge in [-0.1, -0.05) is 17.4 Å². The first-order valence-electron chi connectivity index (χ1n) is 8.55. The normalized spacial score (nSPS) is 33.8. The lowest BCUT2D eigenvalue weighted by Gasteiger charge is -2.47.